The highest BCUT2D eigenvalue weighted by molar-refractivity contribution is 6.31. The average Bonchev–Trinajstić information content (AvgIpc) is 3.36. The molecule has 47 heavy (non-hydrogen) atoms. The van der Waals surface area contributed by atoms with Crippen molar-refractivity contribution in [2.75, 3.05) is 20.3 Å². The summed E-state index contributed by atoms with van der Waals surface area (Å²) in [6.07, 6.45) is -9.75. The van der Waals surface area contributed by atoms with Gasteiger partial charge in [-0.15, -0.1) is 0 Å². The van der Waals surface area contributed by atoms with Crippen molar-refractivity contribution in [2.24, 2.45) is 5.73 Å². The zero-order chi connectivity index (χ0) is 34.7. The van der Waals surface area contributed by atoms with Crippen molar-refractivity contribution >= 4 is 34.3 Å². The summed E-state index contributed by atoms with van der Waals surface area (Å²) in [4.78, 5) is 33.3. The van der Waals surface area contributed by atoms with Gasteiger partial charge in [0, 0.05) is 28.3 Å². The van der Waals surface area contributed by atoms with Crippen molar-refractivity contribution in [2.45, 2.75) is 30.3 Å². The first kappa shape index (κ1) is 33.7. The Labute approximate surface area is 265 Å². The molecule has 1 aliphatic heterocycles. The van der Waals surface area contributed by atoms with Crippen LogP contribution in [0, 0.1) is 5.82 Å². The summed E-state index contributed by atoms with van der Waals surface area (Å²) in [5.74, 6) is -3.38. The van der Waals surface area contributed by atoms with E-state index in [1.807, 2.05) is 5.32 Å². The van der Waals surface area contributed by atoms with Crippen LogP contribution in [-0.2, 0) is 22.0 Å². The summed E-state index contributed by atoms with van der Waals surface area (Å²) in [5, 5.41) is 12.5. The fraction of sp³-hybridized carbons (Fsp3) is 0.267. The minimum absolute atomic E-state index is 0.0353. The second kappa shape index (κ2) is 11.5. The number of nitrogens with one attached hydrogen (secondary N) is 1. The lowest BCUT2D eigenvalue weighted by Crippen LogP contribution is -2.51. The predicted octanol–water partition coefficient (Wildman–Crippen LogP) is 5.43. The first-order valence-corrected chi connectivity index (χ1v) is 13.7. The van der Waals surface area contributed by atoms with Gasteiger partial charge in [0.2, 0.25) is 11.5 Å². The molecule has 0 saturated carbocycles. The molecule has 2 aromatic carbocycles. The first-order valence-electron chi connectivity index (χ1n) is 13.4. The van der Waals surface area contributed by atoms with E-state index in [0.29, 0.717) is 12.3 Å². The van der Waals surface area contributed by atoms with Crippen LogP contribution in [0.1, 0.15) is 34.1 Å². The Kier molecular flexibility index (Phi) is 8.25. The van der Waals surface area contributed by atoms with Gasteiger partial charge in [-0.3, -0.25) is 14.6 Å². The second-order valence-electron chi connectivity index (χ2n) is 10.9. The number of ether oxygens (including phenoxy) is 2. The minimum Gasteiger partial charge on any atom is -0.494 e. The van der Waals surface area contributed by atoms with E-state index in [1.165, 1.54) is 6.92 Å². The summed E-state index contributed by atoms with van der Waals surface area (Å²) in [6.45, 7) is -0.659. The number of methoxy groups -OCH3 is 1. The molecule has 1 aliphatic rings. The summed E-state index contributed by atoms with van der Waals surface area (Å²) < 4.78 is 109. The van der Waals surface area contributed by atoms with Crippen LogP contribution in [0.25, 0.3) is 22.2 Å². The fourth-order valence-electron chi connectivity index (χ4n) is 4.94. The molecule has 0 saturated heterocycles. The number of carbonyl (C=O) groups is 2. The molecule has 3 heterocycles. The predicted molar refractivity (Wildman–Crippen MR) is 152 cm³/mol. The van der Waals surface area contributed by atoms with Gasteiger partial charge in [-0.05, 0) is 49.4 Å². The molecule has 2 amide bonds. The molecule has 4 N–H and O–H groups in total. The Bertz CT molecular complexity index is 1940. The van der Waals surface area contributed by atoms with Crippen LogP contribution in [0.2, 0.25) is 5.02 Å². The van der Waals surface area contributed by atoms with Gasteiger partial charge in [0.1, 0.15) is 40.5 Å². The lowest BCUT2D eigenvalue weighted by atomic mass is 9.81. The summed E-state index contributed by atoms with van der Waals surface area (Å²) in [5.41, 5.74) is -3.33. The number of aromatic nitrogens is 2. The quantitative estimate of drug-likeness (QED) is 0.221. The SMILES string of the molecule is COc1cc(C(=O)NC[C@](O)(c2cc3c(c(-c4ccc(F)c(Cl)c4)n2)OC[C@]3(C)C(N)=O)C(F)(F)F)cc2cc(C(F)(F)F)cnc12. The van der Waals surface area contributed by atoms with Crippen LogP contribution in [-0.4, -0.2) is 53.3 Å². The van der Waals surface area contributed by atoms with Crippen molar-refractivity contribution in [3.63, 3.8) is 0 Å². The van der Waals surface area contributed by atoms with E-state index in [1.54, 1.807) is 0 Å². The maximum atomic E-state index is 14.7. The van der Waals surface area contributed by atoms with E-state index >= 15 is 0 Å². The number of benzene rings is 2. The Morgan fingerprint density at radius 3 is 2.43 bits per heavy atom. The number of aliphatic hydroxyl groups is 1. The highest BCUT2D eigenvalue weighted by atomic mass is 35.5. The van der Waals surface area contributed by atoms with Crippen LogP contribution < -0.4 is 20.5 Å². The molecule has 17 heteroatoms. The standard InChI is InChI=1S/C30H22ClF7N4O5/c1-27(26(39)44)12-47-24-17(27)9-21(42-23(24)13-3-4-19(32)18(31)7-13)28(45,30(36,37)38)11-41-25(43)15-5-14-6-16(29(33,34)35)10-40-22(14)20(8-15)46-2/h3-10,45H,11-12H2,1-2H3,(H2,39,44)(H,41,43)/t27-,28-/m0/s1. The number of carbonyl (C=O) groups excluding carboxylic acids is 2. The second-order valence-corrected chi connectivity index (χ2v) is 11.3. The van der Waals surface area contributed by atoms with Crippen LogP contribution in [0.5, 0.6) is 11.5 Å². The third kappa shape index (κ3) is 5.86. The number of rotatable bonds is 7. The normalized spacial score (nSPS) is 17.5. The van der Waals surface area contributed by atoms with Crippen molar-refractivity contribution in [1.29, 1.82) is 0 Å². The van der Waals surface area contributed by atoms with E-state index in [0.717, 1.165) is 43.5 Å². The topological polar surface area (TPSA) is 137 Å². The number of primary amides is 1. The number of pyridine rings is 2. The van der Waals surface area contributed by atoms with Gasteiger partial charge < -0.3 is 25.6 Å². The summed E-state index contributed by atoms with van der Waals surface area (Å²) in [6, 6.07) is 6.56. The Balaban J connectivity index is 1.60. The Morgan fingerprint density at radius 1 is 1.13 bits per heavy atom. The number of fused-ring (bicyclic) bond motifs is 2. The van der Waals surface area contributed by atoms with E-state index in [-0.39, 0.29) is 39.2 Å². The molecule has 0 bridgehead atoms. The van der Waals surface area contributed by atoms with Crippen LogP contribution >= 0.6 is 11.6 Å². The number of nitrogens with zero attached hydrogens (tertiary/aromatic N) is 2. The van der Waals surface area contributed by atoms with Crippen LogP contribution in [0.15, 0.2) is 48.7 Å². The maximum Gasteiger partial charge on any atom is 0.424 e. The highest BCUT2D eigenvalue weighted by Gasteiger charge is 2.57. The van der Waals surface area contributed by atoms with Gasteiger partial charge in [0.15, 0.2) is 0 Å². The van der Waals surface area contributed by atoms with Gasteiger partial charge in [-0.2, -0.15) is 26.3 Å². The van der Waals surface area contributed by atoms with Crippen molar-refractivity contribution in [1.82, 2.24) is 15.3 Å². The van der Waals surface area contributed by atoms with Crippen LogP contribution in [0.4, 0.5) is 30.7 Å². The number of alkyl halides is 6. The van der Waals surface area contributed by atoms with Crippen LogP contribution in [0.3, 0.4) is 0 Å². The lowest BCUT2D eigenvalue weighted by molar-refractivity contribution is -0.265. The first-order chi connectivity index (χ1) is 21.8. The minimum atomic E-state index is -5.52. The Hall–Kier alpha value is -4.70. The molecule has 0 spiro atoms. The van der Waals surface area contributed by atoms with Crippen molar-refractivity contribution in [3.8, 4) is 22.8 Å². The molecule has 4 aromatic rings. The van der Waals surface area contributed by atoms with Gasteiger partial charge >= 0.3 is 12.4 Å². The molecule has 0 aliphatic carbocycles. The Morgan fingerprint density at radius 2 is 1.83 bits per heavy atom. The van der Waals surface area contributed by atoms with Gasteiger partial charge in [-0.1, -0.05) is 11.6 Å². The van der Waals surface area contributed by atoms with E-state index in [2.05, 4.69) is 9.97 Å². The molecular weight excluding hydrogens is 665 g/mol. The van der Waals surface area contributed by atoms with Crippen molar-refractivity contribution < 1.29 is 54.9 Å². The smallest absolute Gasteiger partial charge is 0.424 e. The molecule has 2 atom stereocenters. The monoisotopic (exact) mass is 686 g/mol. The lowest BCUT2D eigenvalue weighted by Gasteiger charge is -2.31. The molecule has 2 aromatic heterocycles. The molecule has 0 fully saturated rings. The van der Waals surface area contributed by atoms with Crippen molar-refractivity contribution in [3.05, 3.63) is 81.9 Å². The summed E-state index contributed by atoms with van der Waals surface area (Å²) >= 11 is 5.89. The summed E-state index contributed by atoms with van der Waals surface area (Å²) in [7, 11) is 1.15. The van der Waals surface area contributed by atoms with Gasteiger partial charge in [0.05, 0.1) is 29.9 Å². The third-order valence-corrected chi connectivity index (χ3v) is 8.05. The molecular formula is C30H22ClF7N4O5. The third-order valence-electron chi connectivity index (χ3n) is 7.76. The molecule has 248 valence electrons. The van der Waals surface area contributed by atoms with Gasteiger partial charge in [-0.25, -0.2) is 9.37 Å². The zero-order valence-electron chi connectivity index (χ0n) is 24.1. The van der Waals surface area contributed by atoms with E-state index < -0.39 is 76.0 Å². The number of amides is 2. The fourth-order valence-corrected chi connectivity index (χ4v) is 5.12. The molecule has 0 radical (unpaired) electrons. The largest absolute Gasteiger partial charge is 0.494 e. The number of hydrogen-bond acceptors (Lipinski definition) is 7. The average molecular weight is 687 g/mol. The molecule has 5 rings (SSSR count). The molecule has 9 nitrogen and oxygen atoms in total. The van der Waals surface area contributed by atoms with E-state index in [9.17, 15) is 45.4 Å². The maximum absolute atomic E-state index is 14.7. The van der Waals surface area contributed by atoms with E-state index in [4.69, 9.17) is 26.8 Å². The number of halogens is 8. The number of nitrogens with two attached hydrogens (primary N) is 1. The molecule has 0 unspecified atom stereocenters. The van der Waals surface area contributed by atoms with Gasteiger partial charge in [0.25, 0.3) is 5.91 Å². The highest BCUT2D eigenvalue weighted by Crippen LogP contribution is 2.48. The number of hydrogen-bond donors (Lipinski definition) is 3. The zero-order valence-corrected chi connectivity index (χ0v) is 24.9.